The Balaban J connectivity index is 2.64. The van der Waals surface area contributed by atoms with E-state index < -0.39 is 5.60 Å². The van der Waals surface area contributed by atoms with Crippen molar-refractivity contribution >= 4 is 0 Å². The number of rotatable bonds is 7. The van der Waals surface area contributed by atoms with Crippen molar-refractivity contribution in [2.75, 3.05) is 6.54 Å². The van der Waals surface area contributed by atoms with Gasteiger partial charge in [-0.25, -0.2) is 0 Å². The van der Waals surface area contributed by atoms with Gasteiger partial charge in [-0.3, -0.25) is 4.68 Å². The average Bonchev–Trinajstić information content (AvgIpc) is 2.64. The fourth-order valence-corrected chi connectivity index (χ4v) is 2.73. The first-order valence-corrected chi connectivity index (χ1v) is 8.43. The predicted octanol–water partition coefficient (Wildman–Crippen LogP) is 3.53. The van der Waals surface area contributed by atoms with Gasteiger partial charge < -0.3 is 10.4 Å². The lowest BCUT2D eigenvalue weighted by Crippen LogP contribution is -2.38. The number of aryl methyl sites for hydroxylation is 1. The van der Waals surface area contributed by atoms with Crippen molar-refractivity contribution in [1.82, 2.24) is 15.1 Å². The van der Waals surface area contributed by atoms with E-state index in [1.807, 2.05) is 6.92 Å². The maximum Gasteiger partial charge on any atom is 0.0743 e. The van der Waals surface area contributed by atoms with Crippen LogP contribution in [-0.4, -0.2) is 27.0 Å². The molecule has 0 aliphatic carbocycles. The molecule has 1 unspecified atom stereocenters. The Morgan fingerprint density at radius 2 is 1.77 bits per heavy atom. The summed E-state index contributed by atoms with van der Waals surface area (Å²) in [5.41, 5.74) is 2.87. The Bertz CT molecular complexity index is 481. The topological polar surface area (TPSA) is 50.1 Å². The van der Waals surface area contributed by atoms with E-state index in [1.165, 1.54) is 11.3 Å². The largest absolute Gasteiger partial charge is 0.389 e. The van der Waals surface area contributed by atoms with Crippen molar-refractivity contribution in [1.29, 1.82) is 0 Å². The summed E-state index contributed by atoms with van der Waals surface area (Å²) in [6.07, 6.45) is 1.88. The minimum atomic E-state index is -0.647. The Morgan fingerprint density at radius 1 is 1.18 bits per heavy atom. The highest BCUT2D eigenvalue weighted by molar-refractivity contribution is 5.25. The van der Waals surface area contributed by atoms with Crippen molar-refractivity contribution in [2.45, 2.75) is 85.9 Å². The van der Waals surface area contributed by atoms with Crippen LogP contribution in [0.15, 0.2) is 0 Å². The van der Waals surface area contributed by atoms with Gasteiger partial charge in [0.05, 0.1) is 16.8 Å². The standard InChI is InChI=1S/C18H35N3O/c1-13(2)9-10-18(8,22)12-19-11-16-14(3)20-21(15(16)4)17(5,6)7/h13,19,22H,9-12H2,1-8H3. The van der Waals surface area contributed by atoms with Gasteiger partial charge in [0.25, 0.3) is 0 Å². The van der Waals surface area contributed by atoms with Gasteiger partial charge in [-0.2, -0.15) is 5.10 Å². The second kappa shape index (κ2) is 7.14. The first-order chi connectivity index (χ1) is 9.94. The molecule has 0 aromatic carbocycles. The number of nitrogens with one attached hydrogen (secondary N) is 1. The molecule has 1 atom stereocenters. The summed E-state index contributed by atoms with van der Waals surface area (Å²) in [5.74, 6) is 0.626. The third-order valence-corrected chi connectivity index (χ3v) is 4.14. The smallest absolute Gasteiger partial charge is 0.0743 e. The molecule has 1 rings (SSSR count). The number of nitrogens with zero attached hydrogens (tertiary/aromatic N) is 2. The Labute approximate surface area is 136 Å². The van der Waals surface area contributed by atoms with Crippen LogP contribution in [0.1, 0.15) is 71.3 Å². The molecule has 0 aliphatic heterocycles. The number of aliphatic hydroxyl groups is 1. The van der Waals surface area contributed by atoms with Crippen molar-refractivity contribution in [2.24, 2.45) is 5.92 Å². The van der Waals surface area contributed by atoms with Crippen LogP contribution in [0.2, 0.25) is 0 Å². The van der Waals surface area contributed by atoms with Crippen LogP contribution in [-0.2, 0) is 12.1 Å². The van der Waals surface area contributed by atoms with E-state index >= 15 is 0 Å². The Hall–Kier alpha value is -0.870. The summed E-state index contributed by atoms with van der Waals surface area (Å²) in [6.45, 7) is 18.4. The maximum atomic E-state index is 10.4. The Kier molecular flexibility index (Phi) is 6.22. The summed E-state index contributed by atoms with van der Waals surface area (Å²) >= 11 is 0. The van der Waals surface area contributed by atoms with Crippen LogP contribution >= 0.6 is 0 Å². The van der Waals surface area contributed by atoms with Gasteiger partial charge in [-0.05, 0) is 60.3 Å². The first kappa shape index (κ1) is 19.2. The minimum absolute atomic E-state index is 0.00412. The lowest BCUT2D eigenvalue weighted by atomic mass is 9.95. The molecule has 1 aromatic heterocycles. The highest BCUT2D eigenvalue weighted by atomic mass is 16.3. The monoisotopic (exact) mass is 309 g/mol. The van der Waals surface area contributed by atoms with Gasteiger partial charge in [0.1, 0.15) is 0 Å². The molecule has 0 bridgehead atoms. The third kappa shape index (κ3) is 5.40. The Morgan fingerprint density at radius 3 is 2.23 bits per heavy atom. The van der Waals surface area contributed by atoms with Crippen molar-refractivity contribution < 1.29 is 5.11 Å². The lowest BCUT2D eigenvalue weighted by Gasteiger charge is -2.25. The molecule has 0 fully saturated rings. The van der Waals surface area contributed by atoms with Crippen LogP contribution in [0.5, 0.6) is 0 Å². The van der Waals surface area contributed by atoms with Gasteiger partial charge in [-0.1, -0.05) is 13.8 Å². The first-order valence-electron chi connectivity index (χ1n) is 8.43. The average molecular weight is 309 g/mol. The molecule has 0 saturated heterocycles. The zero-order valence-electron chi connectivity index (χ0n) is 15.7. The number of aromatic nitrogens is 2. The number of hydrogen-bond donors (Lipinski definition) is 2. The summed E-state index contributed by atoms with van der Waals surface area (Å²) in [7, 11) is 0. The van der Waals surface area contributed by atoms with Gasteiger partial charge >= 0.3 is 0 Å². The van der Waals surface area contributed by atoms with Gasteiger partial charge in [-0.15, -0.1) is 0 Å². The minimum Gasteiger partial charge on any atom is -0.389 e. The van der Waals surface area contributed by atoms with E-state index in [0.29, 0.717) is 12.5 Å². The van der Waals surface area contributed by atoms with Crippen molar-refractivity contribution in [3.8, 4) is 0 Å². The second-order valence-electron chi connectivity index (χ2n) is 8.27. The quantitative estimate of drug-likeness (QED) is 0.810. The van der Waals surface area contributed by atoms with Crippen LogP contribution in [0, 0.1) is 19.8 Å². The second-order valence-corrected chi connectivity index (χ2v) is 8.27. The van der Waals surface area contributed by atoms with Gasteiger partial charge in [0, 0.05) is 24.3 Å². The zero-order valence-corrected chi connectivity index (χ0v) is 15.7. The van der Waals surface area contributed by atoms with E-state index in [9.17, 15) is 5.11 Å². The molecule has 0 radical (unpaired) electrons. The van der Waals surface area contributed by atoms with Crippen molar-refractivity contribution in [3.63, 3.8) is 0 Å². The third-order valence-electron chi connectivity index (χ3n) is 4.14. The highest BCUT2D eigenvalue weighted by Crippen LogP contribution is 2.21. The molecule has 0 amide bonds. The SMILES string of the molecule is Cc1nn(C(C)(C)C)c(C)c1CNCC(C)(O)CCC(C)C. The molecular formula is C18H35N3O. The van der Waals surface area contributed by atoms with Crippen LogP contribution in [0.3, 0.4) is 0 Å². The fourth-order valence-electron chi connectivity index (χ4n) is 2.73. The number of hydrogen-bond acceptors (Lipinski definition) is 3. The molecule has 0 aliphatic rings. The molecular weight excluding hydrogens is 274 g/mol. The molecule has 22 heavy (non-hydrogen) atoms. The van der Waals surface area contributed by atoms with Gasteiger partial charge in [0.15, 0.2) is 0 Å². The molecule has 0 spiro atoms. The molecule has 1 aromatic rings. The molecule has 4 nitrogen and oxygen atoms in total. The molecule has 1 heterocycles. The zero-order chi connectivity index (χ0) is 17.1. The summed E-state index contributed by atoms with van der Waals surface area (Å²) in [6, 6.07) is 0. The van der Waals surface area contributed by atoms with E-state index in [-0.39, 0.29) is 5.54 Å². The normalized spacial score (nSPS) is 15.4. The fraction of sp³-hybridized carbons (Fsp3) is 0.833. The summed E-state index contributed by atoms with van der Waals surface area (Å²) in [4.78, 5) is 0. The molecule has 2 N–H and O–H groups in total. The predicted molar refractivity (Wildman–Crippen MR) is 93.1 cm³/mol. The van der Waals surface area contributed by atoms with E-state index in [4.69, 9.17) is 0 Å². The van der Waals surface area contributed by atoms with E-state index in [1.54, 1.807) is 0 Å². The molecule has 4 heteroatoms. The van der Waals surface area contributed by atoms with Crippen LogP contribution in [0.25, 0.3) is 0 Å². The summed E-state index contributed by atoms with van der Waals surface area (Å²) < 4.78 is 2.09. The van der Waals surface area contributed by atoms with E-state index in [0.717, 1.165) is 25.1 Å². The van der Waals surface area contributed by atoms with Crippen LogP contribution in [0.4, 0.5) is 0 Å². The van der Waals surface area contributed by atoms with Crippen molar-refractivity contribution in [3.05, 3.63) is 17.0 Å². The molecule has 0 saturated carbocycles. The highest BCUT2D eigenvalue weighted by Gasteiger charge is 2.23. The lowest BCUT2D eigenvalue weighted by molar-refractivity contribution is 0.0450. The maximum absolute atomic E-state index is 10.4. The van der Waals surface area contributed by atoms with Gasteiger partial charge in [0.2, 0.25) is 0 Å². The van der Waals surface area contributed by atoms with Crippen LogP contribution < -0.4 is 5.32 Å². The summed E-state index contributed by atoms with van der Waals surface area (Å²) in [5, 5.41) is 18.5. The van der Waals surface area contributed by atoms with E-state index in [2.05, 4.69) is 63.6 Å². The molecule has 128 valence electrons.